The molecule has 0 atom stereocenters. The van der Waals surface area contributed by atoms with Crippen LogP contribution in [0.15, 0.2) is 41.6 Å². The van der Waals surface area contributed by atoms with Crippen LogP contribution in [-0.2, 0) is 20.4 Å². The lowest BCUT2D eigenvalue weighted by Gasteiger charge is -2.19. The normalized spacial score (nSPS) is 12.2. The number of benzene rings is 1. The number of hydrogen-bond donors (Lipinski definition) is 3. The van der Waals surface area contributed by atoms with Crippen LogP contribution in [0.3, 0.4) is 0 Å². The Morgan fingerprint density at radius 3 is 2.52 bits per heavy atom. The Bertz CT molecular complexity index is 963. The first kappa shape index (κ1) is 20.6. The number of amides is 1. The van der Waals surface area contributed by atoms with E-state index in [0.29, 0.717) is 5.69 Å². The number of nitrogens with one attached hydrogen (secondary N) is 2. The van der Waals surface area contributed by atoms with Gasteiger partial charge in [-0.05, 0) is 45.9 Å². The van der Waals surface area contributed by atoms with Gasteiger partial charge in [0.15, 0.2) is 5.54 Å². The third-order valence-corrected chi connectivity index (χ3v) is 5.39. The van der Waals surface area contributed by atoms with Crippen LogP contribution in [0.25, 0.3) is 0 Å². The number of aliphatic carboxylic acids is 1. The molecule has 2 rings (SSSR count). The minimum absolute atomic E-state index is 0.0217. The van der Waals surface area contributed by atoms with Gasteiger partial charge in [-0.3, -0.25) is 9.48 Å². The summed E-state index contributed by atoms with van der Waals surface area (Å²) < 4.78 is 28.2. The highest BCUT2D eigenvalue weighted by atomic mass is 32.2. The van der Waals surface area contributed by atoms with Crippen molar-refractivity contribution in [1.82, 2.24) is 14.5 Å². The number of carbonyl (C=O) groups excluding carboxylic acids is 1. The first-order valence-electron chi connectivity index (χ1n) is 8.16. The van der Waals surface area contributed by atoms with Gasteiger partial charge >= 0.3 is 5.97 Å². The van der Waals surface area contributed by atoms with Gasteiger partial charge in [-0.25, -0.2) is 17.9 Å². The van der Waals surface area contributed by atoms with Gasteiger partial charge in [-0.1, -0.05) is 6.07 Å². The van der Waals surface area contributed by atoms with Gasteiger partial charge < -0.3 is 10.4 Å². The average molecular weight is 394 g/mol. The van der Waals surface area contributed by atoms with Crippen molar-refractivity contribution in [3.8, 4) is 0 Å². The Morgan fingerprint density at radius 2 is 1.93 bits per heavy atom. The fourth-order valence-corrected chi connectivity index (χ4v) is 3.47. The third-order valence-electron chi connectivity index (χ3n) is 3.73. The van der Waals surface area contributed by atoms with E-state index in [9.17, 15) is 23.1 Å². The smallest absolute Gasteiger partial charge is 0.331 e. The minimum atomic E-state index is -3.72. The lowest BCUT2D eigenvalue weighted by atomic mass is 10.1. The number of carboxylic acids is 1. The fraction of sp³-hybridized carbons (Fsp3) is 0.353. The molecule has 0 fully saturated rings. The molecule has 10 heteroatoms. The van der Waals surface area contributed by atoms with E-state index in [0.717, 1.165) is 0 Å². The highest BCUT2D eigenvalue weighted by molar-refractivity contribution is 7.89. The Hall–Kier alpha value is -2.72. The number of hydrogen-bond acceptors (Lipinski definition) is 5. The van der Waals surface area contributed by atoms with Crippen molar-refractivity contribution < 1.29 is 23.1 Å². The first-order valence-corrected chi connectivity index (χ1v) is 9.64. The first-order chi connectivity index (χ1) is 12.4. The van der Waals surface area contributed by atoms with Crippen LogP contribution in [-0.4, -0.2) is 41.2 Å². The molecule has 0 radical (unpaired) electrons. The second-order valence-electron chi connectivity index (χ2n) is 6.80. The Morgan fingerprint density at radius 1 is 1.26 bits per heavy atom. The molecule has 0 spiro atoms. The van der Waals surface area contributed by atoms with E-state index in [1.807, 2.05) is 0 Å². The Kier molecular flexibility index (Phi) is 5.71. The molecule has 146 valence electrons. The molecule has 0 aliphatic heterocycles. The van der Waals surface area contributed by atoms with Gasteiger partial charge in [0, 0.05) is 17.8 Å². The Balaban J connectivity index is 2.22. The fourth-order valence-electron chi connectivity index (χ4n) is 2.18. The van der Waals surface area contributed by atoms with E-state index in [-0.39, 0.29) is 16.5 Å². The summed E-state index contributed by atoms with van der Waals surface area (Å²) in [5, 5.41) is 15.8. The van der Waals surface area contributed by atoms with E-state index in [4.69, 9.17) is 0 Å². The summed E-state index contributed by atoms with van der Waals surface area (Å²) in [6.07, 6.45) is 2.72. The molecular weight excluding hydrogens is 372 g/mol. The maximum absolute atomic E-state index is 12.4. The van der Waals surface area contributed by atoms with Gasteiger partial charge in [0.2, 0.25) is 10.0 Å². The minimum Gasteiger partial charge on any atom is -0.479 e. The summed E-state index contributed by atoms with van der Waals surface area (Å²) in [5.74, 6) is -1.61. The predicted octanol–water partition coefficient (Wildman–Crippen LogP) is 1.64. The van der Waals surface area contributed by atoms with E-state index >= 15 is 0 Å². The number of anilines is 1. The SMILES string of the molecule is CC(C)NS(=O)(=O)c1cccc(C(=O)Nc2cnn(C(C)(C)C(=O)O)c2)c1. The molecule has 0 saturated heterocycles. The molecule has 0 bridgehead atoms. The van der Waals surface area contributed by atoms with Crippen molar-refractivity contribution in [2.45, 2.75) is 44.2 Å². The lowest BCUT2D eigenvalue weighted by Crippen LogP contribution is -2.35. The molecule has 1 aromatic heterocycles. The number of carbonyl (C=O) groups is 2. The van der Waals surface area contributed by atoms with Crippen LogP contribution in [0.4, 0.5) is 5.69 Å². The zero-order chi connectivity index (χ0) is 20.4. The zero-order valence-electron chi connectivity index (χ0n) is 15.4. The molecule has 1 amide bonds. The number of rotatable bonds is 7. The van der Waals surface area contributed by atoms with Crippen molar-refractivity contribution in [3.05, 3.63) is 42.2 Å². The molecule has 0 saturated carbocycles. The molecule has 2 aromatic rings. The van der Waals surface area contributed by atoms with E-state index in [2.05, 4.69) is 15.1 Å². The standard InChI is InChI=1S/C17H22N4O5S/c1-11(2)20-27(25,26)14-7-5-6-12(8-14)15(22)19-13-9-18-21(10-13)17(3,4)16(23)24/h5-11,20H,1-4H3,(H,19,22)(H,23,24). The largest absolute Gasteiger partial charge is 0.479 e. The summed E-state index contributed by atoms with van der Waals surface area (Å²) in [6, 6.07) is 5.34. The highest BCUT2D eigenvalue weighted by Gasteiger charge is 2.30. The summed E-state index contributed by atoms with van der Waals surface area (Å²) >= 11 is 0. The van der Waals surface area contributed by atoms with Crippen LogP contribution in [0.5, 0.6) is 0 Å². The predicted molar refractivity (Wildman–Crippen MR) is 99.0 cm³/mol. The van der Waals surface area contributed by atoms with Crippen LogP contribution in [0.1, 0.15) is 38.1 Å². The van der Waals surface area contributed by atoms with Gasteiger partial charge in [0.25, 0.3) is 5.91 Å². The van der Waals surface area contributed by atoms with E-state index in [1.165, 1.54) is 55.2 Å². The summed E-state index contributed by atoms with van der Waals surface area (Å²) in [5.41, 5.74) is -0.839. The quantitative estimate of drug-likeness (QED) is 0.654. The molecule has 1 aromatic carbocycles. The van der Waals surface area contributed by atoms with Gasteiger partial charge in [0.1, 0.15) is 0 Å². The number of aromatic nitrogens is 2. The maximum atomic E-state index is 12.4. The molecule has 1 heterocycles. The van der Waals surface area contributed by atoms with Crippen molar-refractivity contribution in [2.24, 2.45) is 0 Å². The molecule has 0 aliphatic carbocycles. The monoisotopic (exact) mass is 394 g/mol. The van der Waals surface area contributed by atoms with Crippen LogP contribution >= 0.6 is 0 Å². The number of sulfonamides is 1. The second-order valence-corrected chi connectivity index (χ2v) is 8.51. The van der Waals surface area contributed by atoms with Crippen molar-refractivity contribution >= 4 is 27.6 Å². The van der Waals surface area contributed by atoms with Crippen molar-refractivity contribution in [2.75, 3.05) is 5.32 Å². The molecule has 27 heavy (non-hydrogen) atoms. The van der Waals surface area contributed by atoms with Crippen molar-refractivity contribution in [1.29, 1.82) is 0 Å². The summed E-state index contributed by atoms with van der Waals surface area (Å²) in [6.45, 7) is 6.35. The molecule has 0 unspecified atom stereocenters. The number of nitrogens with zero attached hydrogens (tertiary/aromatic N) is 2. The number of carboxylic acid groups (broad SMARTS) is 1. The molecular formula is C17H22N4O5S. The average Bonchev–Trinajstić information content (AvgIpc) is 3.03. The van der Waals surface area contributed by atoms with Crippen molar-refractivity contribution in [3.63, 3.8) is 0 Å². The zero-order valence-corrected chi connectivity index (χ0v) is 16.2. The van der Waals surface area contributed by atoms with Gasteiger partial charge in [0.05, 0.1) is 16.8 Å². The van der Waals surface area contributed by atoms with Gasteiger partial charge in [-0.2, -0.15) is 5.10 Å². The third kappa shape index (κ3) is 4.72. The highest BCUT2D eigenvalue weighted by Crippen LogP contribution is 2.18. The summed E-state index contributed by atoms with van der Waals surface area (Å²) in [4.78, 5) is 23.7. The second kappa shape index (κ2) is 7.49. The van der Waals surface area contributed by atoms with Crippen LogP contribution in [0.2, 0.25) is 0 Å². The van der Waals surface area contributed by atoms with E-state index in [1.54, 1.807) is 13.8 Å². The molecule has 9 nitrogen and oxygen atoms in total. The lowest BCUT2D eigenvalue weighted by molar-refractivity contribution is -0.146. The van der Waals surface area contributed by atoms with E-state index < -0.39 is 27.4 Å². The maximum Gasteiger partial charge on any atom is 0.331 e. The van der Waals surface area contributed by atoms with Crippen LogP contribution in [0, 0.1) is 0 Å². The Labute approximate surface area is 157 Å². The summed E-state index contributed by atoms with van der Waals surface area (Å²) in [7, 11) is -3.72. The molecule has 3 N–H and O–H groups in total. The van der Waals surface area contributed by atoms with Crippen LogP contribution < -0.4 is 10.0 Å². The molecule has 0 aliphatic rings. The topological polar surface area (TPSA) is 130 Å². The van der Waals surface area contributed by atoms with Gasteiger partial charge in [-0.15, -0.1) is 0 Å².